The minimum atomic E-state index is 0.815. The number of anilines is 1. The quantitative estimate of drug-likeness (QED) is 0.937. The standard InChI is InChI=1S/C20H25N3/c1-4-18-6-10-22-20(18)19(5-1)15-23-11-7-16(8-12-23)13-17-3-2-9-21-14-17/h1-5,9,14,16,22H,6-8,10-13,15H2. The number of fused-ring (bicyclic) bond motifs is 1. The summed E-state index contributed by atoms with van der Waals surface area (Å²) in [6.07, 6.45) is 8.85. The van der Waals surface area contributed by atoms with E-state index in [0.717, 1.165) is 19.0 Å². The van der Waals surface area contributed by atoms with Crippen LogP contribution < -0.4 is 5.32 Å². The first kappa shape index (κ1) is 14.7. The lowest BCUT2D eigenvalue weighted by molar-refractivity contribution is 0.177. The Morgan fingerprint density at radius 2 is 2.04 bits per heavy atom. The molecule has 3 heterocycles. The van der Waals surface area contributed by atoms with Crippen LogP contribution in [0.5, 0.6) is 0 Å². The second-order valence-corrected chi connectivity index (χ2v) is 6.91. The highest BCUT2D eigenvalue weighted by molar-refractivity contribution is 5.61. The van der Waals surface area contributed by atoms with Crippen LogP contribution in [0.3, 0.4) is 0 Å². The molecule has 120 valence electrons. The molecule has 2 aliphatic heterocycles. The lowest BCUT2D eigenvalue weighted by atomic mass is 9.90. The van der Waals surface area contributed by atoms with E-state index in [4.69, 9.17) is 0 Å². The summed E-state index contributed by atoms with van der Waals surface area (Å²) < 4.78 is 0. The number of pyridine rings is 1. The van der Waals surface area contributed by atoms with Crippen molar-refractivity contribution in [2.45, 2.75) is 32.2 Å². The molecular weight excluding hydrogens is 282 g/mol. The number of benzene rings is 1. The van der Waals surface area contributed by atoms with Gasteiger partial charge in [-0.3, -0.25) is 9.88 Å². The Balaban J connectivity index is 1.33. The van der Waals surface area contributed by atoms with Gasteiger partial charge in [0.1, 0.15) is 0 Å². The monoisotopic (exact) mass is 307 g/mol. The van der Waals surface area contributed by atoms with Gasteiger partial charge in [-0.25, -0.2) is 0 Å². The van der Waals surface area contributed by atoms with E-state index in [1.807, 2.05) is 18.5 Å². The number of nitrogens with one attached hydrogen (secondary N) is 1. The van der Waals surface area contributed by atoms with Crippen LogP contribution in [0.4, 0.5) is 5.69 Å². The van der Waals surface area contributed by atoms with Crippen molar-refractivity contribution in [3.63, 3.8) is 0 Å². The van der Waals surface area contributed by atoms with E-state index < -0.39 is 0 Å². The first-order valence-corrected chi connectivity index (χ1v) is 8.84. The number of aromatic nitrogens is 1. The summed E-state index contributed by atoms with van der Waals surface area (Å²) in [6.45, 7) is 4.62. The molecule has 1 fully saturated rings. The first-order valence-electron chi connectivity index (χ1n) is 8.84. The van der Waals surface area contributed by atoms with E-state index in [1.54, 1.807) is 0 Å². The average molecular weight is 307 g/mol. The molecule has 1 aromatic carbocycles. The van der Waals surface area contributed by atoms with E-state index in [0.29, 0.717) is 0 Å². The topological polar surface area (TPSA) is 28.2 Å². The number of hydrogen-bond donors (Lipinski definition) is 1. The molecule has 0 amide bonds. The van der Waals surface area contributed by atoms with Gasteiger partial charge in [-0.2, -0.15) is 0 Å². The molecule has 1 aromatic heterocycles. The second kappa shape index (κ2) is 6.71. The smallest absolute Gasteiger partial charge is 0.0419 e. The van der Waals surface area contributed by atoms with Gasteiger partial charge in [0.15, 0.2) is 0 Å². The lowest BCUT2D eigenvalue weighted by Gasteiger charge is -2.32. The fourth-order valence-electron chi connectivity index (χ4n) is 3.98. The van der Waals surface area contributed by atoms with Crippen molar-refractivity contribution >= 4 is 5.69 Å². The van der Waals surface area contributed by atoms with Crippen molar-refractivity contribution in [1.82, 2.24) is 9.88 Å². The van der Waals surface area contributed by atoms with E-state index in [-0.39, 0.29) is 0 Å². The van der Waals surface area contributed by atoms with Crippen LogP contribution in [0.15, 0.2) is 42.7 Å². The Hall–Kier alpha value is -1.87. The van der Waals surface area contributed by atoms with Crippen molar-refractivity contribution < 1.29 is 0 Å². The molecule has 2 aliphatic rings. The summed E-state index contributed by atoms with van der Waals surface area (Å²) >= 11 is 0. The van der Waals surface area contributed by atoms with E-state index in [9.17, 15) is 0 Å². The predicted octanol–water partition coefficient (Wildman–Crippen LogP) is 3.50. The minimum Gasteiger partial charge on any atom is -0.384 e. The van der Waals surface area contributed by atoms with Crippen LogP contribution in [-0.4, -0.2) is 29.5 Å². The third-order valence-corrected chi connectivity index (χ3v) is 5.28. The molecule has 3 nitrogen and oxygen atoms in total. The highest BCUT2D eigenvalue weighted by atomic mass is 15.1. The maximum Gasteiger partial charge on any atom is 0.0419 e. The molecule has 0 unspecified atom stereocenters. The molecule has 0 spiro atoms. The minimum absolute atomic E-state index is 0.815. The number of nitrogens with zero attached hydrogens (tertiary/aromatic N) is 2. The predicted molar refractivity (Wildman–Crippen MR) is 94.6 cm³/mol. The van der Waals surface area contributed by atoms with Crippen LogP contribution >= 0.6 is 0 Å². The van der Waals surface area contributed by atoms with Crippen LogP contribution in [0, 0.1) is 5.92 Å². The molecule has 1 N–H and O–H groups in total. The number of likely N-dealkylation sites (tertiary alicyclic amines) is 1. The molecular formula is C20H25N3. The normalized spacial score (nSPS) is 18.6. The summed E-state index contributed by atoms with van der Waals surface area (Å²) in [4.78, 5) is 6.86. The number of piperidine rings is 1. The highest BCUT2D eigenvalue weighted by Gasteiger charge is 2.21. The third kappa shape index (κ3) is 3.40. The van der Waals surface area contributed by atoms with Crippen molar-refractivity contribution in [3.05, 3.63) is 59.4 Å². The molecule has 0 bridgehead atoms. The average Bonchev–Trinajstić information content (AvgIpc) is 3.07. The van der Waals surface area contributed by atoms with Crippen molar-refractivity contribution in [1.29, 1.82) is 0 Å². The van der Waals surface area contributed by atoms with Crippen molar-refractivity contribution in [2.75, 3.05) is 25.0 Å². The summed E-state index contributed by atoms with van der Waals surface area (Å²) in [7, 11) is 0. The van der Waals surface area contributed by atoms with Gasteiger partial charge < -0.3 is 5.32 Å². The van der Waals surface area contributed by atoms with Crippen LogP contribution in [0.1, 0.15) is 29.5 Å². The van der Waals surface area contributed by atoms with Gasteiger partial charge in [0.2, 0.25) is 0 Å². The highest BCUT2D eigenvalue weighted by Crippen LogP contribution is 2.29. The van der Waals surface area contributed by atoms with Gasteiger partial charge in [-0.05, 0) is 67.4 Å². The molecule has 3 heteroatoms. The molecule has 4 rings (SSSR count). The van der Waals surface area contributed by atoms with Gasteiger partial charge in [0.25, 0.3) is 0 Å². The largest absolute Gasteiger partial charge is 0.384 e. The Morgan fingerprint density at radius 1 is 1.13 bits per heavy atom. The fraction of sp³-hybridized carbons (Fsp3) is 0.450. The van der Waals surface area contributed by atoms with Crippen LogP contribution in [-0.2, 0) is 19.4 Å². The van der Waals surface area contributed by atoms with E-state index in [1.165, 1.54) is 61.2 Å². The molecule has 2 aromatic rings. The Bertz CT molecular complexity index is 645. The zero-order valence-corrected chi connectivity index (χ0v) is 13.7. The molecule has 0 radical (unpaired) electrons. The van der Waals surface area contributed by atoms with E-state index in [2.05, 4.69) is 39.5 Å². The van der Waals surface area contributed by atoms with Crippen molar-refractivity contribution in [3.8, 4) is 0 Å². The molecule has 1 saturated heterocycles. The molecule has 23 heavy (non-hydrogen) atoms. The van der Waals surface area contributed by atoms with E-state index >= 15 is 0 Å². The number of para-hydroxylation sites is 1. The number of hydrogen-bond acceptors (Lipinski definition) is 3. The lowest BCUT2D eigenvalue weighted by Crippen LogP contribution is -2.34. The Labute approximate surface area is 138 Å². The van der Waals surface area contributed by atoms with Crippen LogP contribution in [0.2, 0.25) is 0 Å². The molecule has 0 aliphatic carbocycles. The van der Waals surface area contributed by atoms with Gasteiger partial charge in [-0.1, -0.05) is 24.3 Å². The zero-order chi connectivity index (χ0) is 15.5. The Kier molecular flexibility index (Phi) is 4.29. The zero-order valence-electron chi connectivity index (χ0n) is 13.7. The van der Waals surface area contributed by atoms with Gasteiger partial charge >= 0.3 is 0 Å². The molecule has 0 atom stereocenters. The second-order valence-electron chi connectivity index (χ2n) is 6.91. The number of rotatable bonds is 4. The summed E-state index contributed by atoms with van der Waals surface area (Å²) in [5.74, 6) is 0.815. The Morgan fingerprint density at radius 3 is 2.87 bits per heavy atom. The SMILES string of the molecule is c1cncc(CC2CCN(Cc3cccc4c3NCC4)CC2)c1. The van der Waals surface area contributed by atoms with Gasteiger partial charge in [0.05, 0.1) is 0 Å². The first-order chi connectivity index (χ1) is 11.4. The maximum absolute atomic E-state index is 4.24. The summed E-state index contributed by atoms with van der Waals surface area (Å²) in [5, 5.41) is 3.57. The van der Waals surface area contributed by atoms with Gasteiger partial charge in [-0.15, -0.1) is 0 Å². The van der Waals surface area contributed by atoms with Crippen LogP contribution in [0.25, 0.3) is 0 Å². The molecule has 0 saturated carbocycles. The fourth-order valence-corrected chi connectivity index (χ4v) is 3.98. The van der Waals surface area contributed by atoms with Gasteiger partial charge in [0, 0.05) is 31.2 Å². The summed E-state index contributed by atoms with van der Waals surface area (Å²) in [6, 6.07) is 11.0. The van der Waals surface area contributed by atoms with Crippen molar-refractivity contribution in [2.24, 2.45) is 5.92 Å². The summed E-state index contributed by atoms with van der Waals surface area (Å²) in [5.41, 5.74) is 5.76. The maximum atomic E-state index is 4.24. The third-order valence-electron chi connectivity index (χ3n) is 5.28.